The molecule has 9 aromatic rings. The van der Waals surface area contributed by atoms with E-state index < -0.39 is 0 Å². The van der Waals surface area contributed by atoms with Gasteiger partial charge in [0.1, 0.15) is 0 Å². The molecule has 0 aliphatic carbocycles. The minimum absolute atomic E-state index is 0.0701. The zero-order valence-electron chi connectivity index (χ0n) is 34.5. The first-order valence-electron chi connectivity index (χ1n) is 20.9. The summed E-state index contributed by atoms with van der Waals surface area (Å²) in [6.45, 7) is 14.2. The maximum atomic E-state index is 2.52. The molecule has 0 nitrogen and oxygen atoms in total. The van der Waals surface area contributed by atoms with Crippen molar-refractivity contribution in [2.45, 2.75) is 72.0 Å². The van der Waals surface area contributed by atoms with Gasteiger partial charge < -0.3 is 0 Å². The number of fused-ring (bicyclic) bond motifs is 7. The lowest BCUT2D eigenvalue weighted by Gasteiger charge is -2.35. The normalized spacial score (nSPS) is 13.4. The van der Waals surface area contributed by atoms with E-state index in [0.29, 0.717) is 0 Å². The molecule has 9 aromatic carbocycles. The molecule has 59 heavy (non-hydrogen) atoms. The van der Waals surface area contributed by atoms with Gasteiger partial charge in [-0.3, -0.25) is 0 Å². The summed E-state index contributed by atoms with van der Waals surface area (Å²) >= 11 is 3.94. The Kier molecular flexibility index (Phi) is 8.39. The minimum atomic E-state index is 0.0701. The molecule has 0 bridgehead atoms. The largest absolute Gasteiger partial charge is 0.247 e. The molecular formula is C56H45BS2. The van der Waals surface area contributed by atoms with Gasteiger partial charge >= 0.3 is 0 Å². The van der Waals surface area contributed by atoms with E-state index in [0.717, 1.165) is 0 Å². The van der Waals surface area contributed by atoms with Crippen molar-refractivity contribution in [3.63, 3.8) is 0 Å². The molecule has 3 heteroatoms. The Morgan fingerprint density at radius 2 is 0.814 bits per heavy atom. The van der Waals surface area contributed by atoms with Crippen LogP contribution in [0.1, 0.15) is 52.7 Å². The first kappa shape index (κ1) is 36.6. The maximum absolute atomic E-state index is 2.52. The van der Waals surface area contributed by atoms with E-state index in [2.05, 4.69) is 205 Å². The molecule has 284 valence electrons. The van der Waals surface area contributed by atoms with E-state index in [1.807, 2.05) is 23.5 Å². The predicted octanol–water partition coefficient (Wildman–Crippen LogP) is 14.2. The van der Waals surface area contributed by atoms with E-state index in [1.54, 1.807) is 0 Å². The summed E-state index contributed by atoms with van der Waals surface area (Å²) in [6.07, 6.45) is 0. The summed E-state index contributed by atoms with van der Waals surface area (Å²) < 4.78 is 0. The minimum Gasteiger partial charge on any atom is -0.0911 e. The lowest BCUT2D eigenvalue weighted by Crippen LogP contribution is -2.58. The van der Waals surface area contributed by atoms with Crippen LogP contribution in [-0.4, -0.2) is 6.71 Å². The molecule has 11 rings (SSSR count). The maximum Gasteiger partial charge on any atom is 0.247 e. The van der Waals surface area contributed by atoms with E-state index in [-0.39, 0.29) is 17.5 Å². The van der Waals surface area contributed by atoms with E-state index >= 15 is 0 Å². The fourth-order valence-electron chi connectivity index (χ4n) is 9.61. The first-order valence-corrected chi connectivity index (χ1v) is 22.5. The Morgan fingerprint density at radius 1 is 0.373 bits per heavy atom. The molecule has 0 unspecified atom stereocenters. The van der Waals surface area contributed by atoms with Gasteiger partial charge in [0.15, 0.2) is 0 Å². The van der Waals surface area contributed by atoms with Gasteiger partial charge in [-0.05, 0) is 117 Å². The van der Waals surface area contributed by atoms with Crippen molar-refractivity contribution in [3.8, 4) is 33.4 Å². The van der Waals surface area contributed by atoms with Crippen molar-refractivity contribution in [2.75, 3.05) is 0 Å². The van der Waals surface area contributed by atoms with Crippen LogP contribution in [-0.2, 0) is 10.8 Å². The summed E-state index contributed by atoms with van der Waals surface area (Å²) in [5.74, 6) is 0. The summed E-state index contributed by atoms with van der Waals surface area (Å²) in [7, 11) is 0. The summed E-state index contributed by atoms with van der Waals surface area (Å²) in [5.41, 5.74) is 14.9. The summed E-state index contributed by atoms with van der Waals surface area (Å²) in [5, 5.41) is 7.69. The second-order valence-corrected chi connectivity index (χ2v) is 20.6. The number of rotatable bonds is 3. The third-order valence-corrected chi connectivity index (χ3v) is 15.0. The van der Waals surface area contributed by atoms with Crippen molar-refractivity contribution in [3.05, 3.63) is 175 Å². The molecular weight excluding hydrogens is 748 g/mol. The molecule has 0 aromatic heterocycles. The Morgan fingerprint density at radius 3 is 1.32 bits per heavy atom. The lowest BCUT2D eigenvalue weighted by atomic mass is 9.36. The molecule has 2 aliphatic heterocycles. The predicted molar refractivity (Wildman–Crippen MR) is 258 cm³/mol. The van der Waals surface area contributed by atoms with Crippen LogP contribution >= 0.6 is 23.5 Å². The lowest BCUT2D eigenvalue weighted by molar-refractivity contribution is 0.589. The van der Waals surface area contributed by atoms with Crippen LogP contribution in [0.4, 0.5) is 0 Å². The topological polar surface area (TPSA) is 0 Å². The van der Waals surface area contributed by atoms with Crippen LogP contribution in [0.2, 0.25) is 0 Å². The molecule has 0 fully saturated rings. The highest BCUT2D eigenvalue weighted by Crippen LogP contribution is 2.48. The van der Waals surface area contributed by atoms with Crippen molar-refractivity contribution < 1.29 is 0 Å². The van der Waals surface area contributed by atoms with Gasteiger partial charge in [-0.2, -0.15) is 0 Å². The third kappa shape index (κ3) is 6.00. The Hall–Kier alpha value is -5.48. The highest BCUT2D eigenvalue weighted by atomic mass is 32.2. The van der Waals surface area contributed by atoms with Crippen LogP contribution in [0.15, 0.2) is 183 Å². The summed E-state index contributed by atoms with van der Waals surface area (Å²) in [4.78, 5) is 5.52. The second kappa shape index (κ2) is 13.5. The fourth-order valence-corrected chi connectivity index (χ4v) is 12.2. The third-order valence-electron chi connectivity index (χ3n) is 12.7. The van der Waals surface area contributed by atoms with Crippen molar-refractivity contribution in [1.29, 1.82) is 0 Å². The molecule has 0 spiro atoms. The smallest absolute Gasteiger partial charge is 0.0911 e. The molecule has 0 N–H and O–H groups in total. The number of hydrogen-bond acceptors (Lipinski definition) is 2. The van der Waals surface area contributed by atoms with Crippen LogP contribution in [0.3, 0.4) is 0 Å². The van der Waals surface area contributed by atoms with Crippen molar-refractivity contribution in [2.24, 2.45) is 0 Å². The second-order valence-electron chi connectivity index (χ2n) is 18.5. The van der Waals surface area contributed by atoms with Crippen LogP contribution in [0.25, 0.3) is 65.7 Å². The van der Waals surface area contributed by atoms with Crippen LogP contribution in [0.5, 0.6) is 0 Å². The number of hydrogen-bond donors (Lipinski definition) is 0. The highest BCUT2D eigenvalue weighted by molar-refractivity contribution is 8.01. The zero-order chi connectivity index (χ0) is 40.2. The van der Waals surface area contributed by atoms with Crippen molar-refractivity contribution in [1.82, 2.24) is 0 Å². The van der Waals surface area contributed by atoms with Crippen LogP contribution in [0, 0.1) is 0 Å². The molecule has 2 aliphatic rings. The molecule has 0 amide bonds. The summed E-state index contributed by atoms with van der Waals surface area (Å²) in [6, 6.07) is 62.3. The first-order chi connectivity index (χ1) is 28.5. The zero-order valence-corrected chi connectivity index (χ0v) is 36.1. The van der Waals surface area contributed by atoms with E-state index in [1.165, 1.54) is 113 Å². The Balaban J connectivity index is 1.11. The van der Waals surface area contributed by atoms with Gasteiger partial charge in [0.2, 0.25) is 6.71 Å². The Labute approximate surface area is 357 Å². The van der Waals surface area contributed by atoms with Gasteiger partial charge in [-0.1, -0.05) is 216 Å². The Bertz CT molecular complexity index is 3030. The van der Waals surface area contributed by atoms with Gasteiger partial charge in [0, 0.05) is 19.6 Å². The molecule has 0 radical (unpaired) electrons. The average molecular weight is 793 g/mol. The molecule has 0 saturated heterocycles. The van der Waals surface area contributed by atoms with Crippen molar-refractivity contribution >= 4 is 78.9 Å². The standard InChI is InChI=1S/C56H45BS2/c1-55(2,3)38-26-28-46-48(32-38)58-50-30-37(31-51-54(50)57(46)47-29-27-39(56(4,5)6)33-49(47)59-51)53-44-19-11-9-17-42(44)52(43-18-10-12-20-45(43)53)36-24-22-35(23-25-36)41-21-13-15-34-14-7-8-16-40(34)41/h7-33H,1-6H3. The molecule has 0 saturated carbocycles. The average Bonchev–Trinajstić information content (AvgIpc) is 3.24. The quantitative estimate of drug-likeness (QED) is 0.129. The number of benzene rings is 9. The van der Waals surface area contributed by atoms with E-state index in [9.17, 15) is 0 Å². The highest BCUT2D eigenvalue weighted by Gasteiger charge is 2.39. The van der Waals surface area contributed by atoms with Gasteiger partial charge in [-0.15, -0.1) is 0 Å². The van der Waals surface area contributed by atoms with E-state index in [4.69, 9.17) is 0 Å². The van der Waals surface area contributed by atoms with Crippen LogP contribution < -0.4 is 16.4 Å². The monoisotopic (exact) mass is 792 g/mol. The van der Waals surface area contributed by atoms with Gasteiger partial charge in [-0.25, -0.2) is 0 Å². The molecule has 0 atom stereocenters. The SMILES string of the molecule is CC(C)(C)c1ccc2c(c1)Sc1cc(-c3c4ccccc4c(-c4ccc(-c5cccc6ccccc56)cc4)c4ccccc34)cc3c1B2c1ccc(C(C)(C)C)cc1S3. The fraction of sp³-hybridized carbons (Fsp3) is 0.143. The molecule has 2 heterocycles. The van der Waals surface area contributed by atoms with Gasteiger partial charge in [0.05, 0.1) is 0 Å². The van der Waals surface area contributed by atoms with Gasteiger partial charge in [0.25, 0.3) is 0 Å².